The molecule has 6 N–H and O–H groups in total. The minimum Gasteiger partial charge on any atom is -0.493 e. The van der Waals surface area contributed by atoms with E-state index in [4.69, 9.17) is 21.9 Å². The lowest BCUT2D eigenvalue weighted by molar-refractivity contribution is 0.317. The predicted molar refractivity (Wildman–Crippen MR) is 301 cm³/mol. The summed E-state index contributed by atoms with van der Waals surface area (Å²) >= 11 is 1.11. The fourth-order valence-electron chi connectivity index (χ4n) is 7.04. The summed E-state index contributed by atoms with van der Waals surface area (Å²) in [7, 11) is -25.1. The average molecular weight is 1300 g/mol. The van der Waals surface area contributed by atoms with E-state index >= 15 is 0 Å². The molecule has 0 amide bonds. The van der Waals surface area contributed by atoms with Gasteiger partial charge in [0.1, 0.15) is 44.2 Å². The summed E-state index contributed by atoms with van der Waals surface area (Å²) in [4.78, 5) is 3.57. The second-order valence-electron chi connectivity index (χ2n) is 17.0. The fraction of sp³-hybridized carbons (Fsp3) is 0.217. The van der Waals surface area contributed by atoms with E-state index < -0.39 is 82.5 Å². The number of para-hydroxylation sites is 2. The standard InChI is InChI=1S/C45H41N11O14S5.CH4O3S.O3S/c1-26-20-36(53-55-43-28(3)30(25-46)44-47-31-10-4-6-12-38(31)56(44)45(43)57)39(70-16-8-18-72(58,59)60)23-34(26)51-54-37-21-27(2)35(24-40(37)71-17-9-19-73(61,62)63)52-50-33-15-14-29(22-42(33)75(67,68)69)48-49-32-11-5-7-13-41(32)74(64,65)66;1-5(2,3)4;1-4(2)3/h4-7,10-15,20-24,57H,8-9,16-19H2,1-3H3,(H,58,59,60)(H,61,62,63)(H,64,65,66)(H,67,68,69);1H3,(H,2,3,4);. The van der Waals surface area contributed by atoms with Gasteiger partial charge in [0.05, 0.1) is 58.2 Å². The molecule has 31 nitrogen and oxygen atoms in total. The molecule has 5 aromatic carbocycles. The van der Waals surface area contributed by atoms with Crippen molar-refractivity contribution in [2.24, 2.45) is 40.9 Å². The number of azo groups is 4. The number of nitriles is 1. The molecule has 0 aliphatic carbocycles. The maximum atomic E-state index is 12.5. The summed E-state index contributed by atoms with van der Waals surface area (Å²) in [5.74, 6) is -1.37. The maximum absolute atomic E-state index is 12.5. The first kappa shape index (κ1) is 66.9. The third-order valence-electron chi connectivity index (χ3n) is 10.6. The Labute approximate surface area is 484 Å². The lowest BCUT2D eigenvalue weighted by Crippen LogP contribution is -2.08. The van der Waals surface area contributed by atoms with E-state index in [2.05, 4.69) is 52.0 Å². The van der Waals surface area contributed by atoms with Crippen molar-refractivity contribution in [3.05, 3.63) is 113 Å². The largest absolute Gasteiger partial charge is 0.493 e. The van der Waals surface area contributed by atoms with Crippen LogP contribution in [-0.2, 0) is 61.2 Å². The van der Waals surface area contributed by atoms with Crippen molar-refractivity contribution in [3.63, 3.8) is 0 Å². The molecule has 2 heterocycles. The third kappa shape index (κ3) is 19.9. The smallest absolute Gasteiger partial charge is 0.425 e. The van der Waals surface area contributed by atoms with Crippen molar-refractivity contribution in [3.8, 4) is 17.7 Å². The summed E-state index contributed by atoms with van der Waals surface area (Å²) in [6, 6.07) is 23.5. The molecule has 0 radical (unpaired) electrons. The fourth-order valence-corrected chi connectivity index (χ4v) is 10.4. The number of ether oxygens (including phenoxy) is 1. The van der Waals surface area contributed by atoms with Gasteiger partial charge in [-0.15, -0.1) is 50.0 Å². The molecule has 0 aliphatic heterocycles. The van der Waals surface area contributed by atoms with Crippen LogP contribution in [0.2, 0.25) is 0 Å². The van der Waals surface area contributed by atoms with Crippen LogP contribution in [0.5, 0.6) is 11.6 Å². The van der Waals surface area contributed by atoms with Gasteiger partial charge in [-0.25, -0.2) is 4.98 Å². The minimum atomic E-state index is -4.99. The topological polar surface area (TPSA) is 492 Å². The highest BCUT2D eigenvalue weighted by atomic mass is 32.2. The number of aryl methyl sites for hydroxylation is 2. The molecule has 0 fully saturated rings. The molecule has 84 heavy (non-hydrogen) atoms. The summed E-state index contributed by atoms with van der Waals surface area (Å²) in [6.07, 6.45) is 0.582. The Morgan fingerprint density at radius 2 is 1.13 bits per heavy atom. The molecule has 0 unspecified atom stereocenters. The van der Waals surface area contributed by atoms with Gasteiger partial charge >= 0.3 is 10.6 Å². The zero-order valence-corrected chi connectivity index (χ0v) is 49.3. The number of hydrogen-bond donors (Lipinski definition) is 6. The van der Waals surface area contributed by atoms with E-state index in [1.165, 1.54) is 46.9 Å². The predicted octanol–water partition coefficient (Wildman–Crippen LogP) is 9.67. The van der Waals surface area contributed by atoms with Crippen LogP contribution in [-0.4, -0.2) is 122 Å². The first-order chi connectivity index (χ1) is 39.0. The van der Waals surface area contributed by atoms with E-state index in [1.807, 2.05) is 0 Å². The van der Waals surface area contributed by atoms with Gasteiger partial charge in [-0.3, -0.25) is 27.2 Å². The number of hydrogen-bond acceptors (Lipinski definition) is 26. The first-order valence-electron chi connectivity index (χ1n) is 23.1. The quantitative estimate of drug-likeness (QED) is 0.0179. The zero-order valence-electron chi connectivity index (χ0n) is 43.6. The highest BCUT2D eigenvalue weighted by Gasteiger charge is 2.23. The van der Waals surface area contributed by atoms with Crippen molar-refractivity contribution >= 4 is 135 Å². The van der Waals surface area contributed by atoms with Crippen LogP contribution in [0, 0.1) is 32.1 Å². The van der Waals surface area contributed by atoms with Gasteiger partial charge in [-0.05, 0) is 111 Å². The monoisotopic (exact) mass is 1300 g/mol. The highest BCUT2D eigenvalue weighted by Crippen LogP contribution is 2.43. The molecule has 0 saturated carbocycles. The lowest BCUT2D eigenvalue weighted by atomic mass is 10.1. The SMILES string of the molecule is CS(=O)(=O)O.Cc1cc(N=Nc2c(C)c(C#N)c3nc4ccccc4n3c2O)c(OCCCS(=O)(=O)O)cc1N=Nc1cc(C)c(N=Nc2ccc(N=Nc3ccccc3S(=O)(=O)O)cc2S(=O)(=O)O)cc1SCCCS(=O)(=O)O.O=S(=O)=O. The van der Waals surface area contributed by atoms with Crippen LogP contribution in [0.1, 0.15) is 35.1 Å². The van der Waals surface area contributed by atoms with Gasteiger partial charge in [-0.2, -0.15) is 62.7 Å². The second-order valence-corrected chi connectivity index (χ2v) is 26.0. The van der Waals surface area contributed by atoms with Crippen molar-refractivity contribution in [2.45, 2.75) is 48.3 Å². The molecule has 0 saturated heterocycles. The number of aromatic hydroxyl groups is 1. The molecule has 0 spiro atoms. The third-order valence-corrected chi connectivity index (χ3v) is 15.2. The Morgan fingerprint density at radius 3 is 1.74 bits per heavy atom. The normalized spacial score (nSPS) is 12.4. The van der Waals surface area contributed by atoms with Gasteiger partial charge in [0.2, 0.25) is 5.88 Å². The molecule has 446 valence electrons. The second kappa shape index (κ2) is 28.1. The zero-order chi connectivity index (χ0) is 62.5. The van der Waals surface area contributed by atoms with Gasteiger partial charge in [0.15, 0.2) is 11.3 Å². The average Bonchev–Trinajstić information content (AvgIpc) is 3.05. The van der Waals surface area contributed by atoms with Crippen LogP contribution in [0.15, 0.2) is 147 Å². The summed E-state index contributed by atoms with van der Waals surface area (Å²) in [6.45, 7) is 4.62. The van der Waals surface area contributed by atoms with Crippen LogP contribution in [0.4, 0.5) is 45.5 Å². The number of pyridine rings is 1. The molecule has 7 aromatic rings. The Morgan fingerprint density at radius 1 is 0.619 bits per heavy atom. The summed E-state index contributed by atoms with van der Waals surface area (Å²) in [5.41, 5.74) is 2.39. The van der Waals surface area contributed by atoms with E-state index in [-0.39, 0.29) is 99.1 Å². The maximum Gasteiger partial charge on any atom is 0.425 e. The Bertz CT molecular complexity index is 4560. The summed E-state index contributed by atoms with van der Waals surface area (Å²) in [5, 5.41) is 55.2. The Hall–Kier alpha value is -7.94. The Kier molecular flexibility index (Phi) is 22.4. The molecule has 2 aromatic heterocycles. The van der Waals surface area contributed by atoms with Gasteiger partial charge < -0.3 is 9.84 Å². The van der Waals surface area contributed by atoms with Crippen LogP contribution in [0.3, 0.4) is 0 Å². The molecular formula is C46H45N11O20S7. The molecule has 0 aliphatic rings. The molecule has 0 atom stereocenters. The number of nitrogens with zero attached hydrogens (tertiary/aromatic N) is 11. The minimum absolute atomic E-state index is 0.00289. The van der Waals surface area contributed by atoms with E-state index in [0.717, 1.165) is 30.0 Å². The molecular weight excluding hydrogens is 1250 g/mol. The number of imidazole rings is 1. The highest BCUT2D eigenvalue weighted by molar-refractivity contribution is 7.99. The van der Waals surface area contributed by atoms with Gasteiger partial charge in [0, 0.05) is 16.5 Å². The molecule has 38 heteroatoms. The molecule has 7 rings (SSSR count). The number of aromatic nitrogens is 2. The van der Waals surface area contributed by atoms with Crippen LogP contribution >= 0.6 is 11.8 Å². The van der Waals surface area contributed by atoms with Crippen LogP contribution in [0.25, 0.3) is 16.7 Å². The summed E-state index contributed by atoms with van der Waals surface area (Å²) < 4.78 is 191. The van der Waals surface area contributed by atoms with Gasteiger partial charge in [-0.1, -0.05) is 24.3 Å². The number of fused-ring (bicyclic) bond motifs is 3. The molecule has 0 bridgehead atoms. The van der Waals surface area contributed by atoms with Crippen molar-refractivity contribution in [1.82, 2.24) is 9.38 Å². The van der Waals surface area contributed by atoms with Crippen molar-refractivity contribution in [1.29, 1.82) is 5.26 Å². The number of thioether (sulfide) groups is 1. The van der Waals surface area contributed by atoms with Crippen LogP contribution < -0.4 is 4.74 Å². The van der Waals surface area contributed by atoms with E-state index in [9.17, 15) is 70.7 Å². The number of benzene rings is 5. The lowest BCUT2D eigenvalue weighted by Gasteiger charge is -2.12. The first-order valence-corrected chi connectivity index (χ1v) is 33.0. The van der Waals surface area contributed by atoms with E-state index in [0.29, 0.717) is 33.3 Å². The van der Waals surface area contributed by atoms with Gasteiger partial charge in [0.25, 0.3) is 50.6 Å². The van der Waals surface area contributed by atoms with Crippen molar-refractivity contribution in [2.75, 3.05) is 30.1 Å². The Balaban J connectivity index is 0.00000133. The number of rotatable bonds is 20. The van der Waals surface area contributed by atoms with Crippen molar-refractivity contribution < 1.29 is 87.3 Å². The van der Waals surface area contributed by atoms with E-state index in [1.54, 1.807) is 51.1 Å².